The first-order valence-corrected chi connectivity index (χ1v) is 14.6. The topological polar surface area (TPSA) is 118 Å². The van der Waals surface area contributed by atoms with Crippen LogP contribution in [0.3, 0.4) is 0 Å². The van der Waals surface area contributed by atoms with Crippen molar-refractivity contribution < 1.29 is 47.4 Å². The Kier molecular flexibility index (Phi) is 7.11. The van der Waals surface area contributed by atoms with Crippen molar-refractivity contribution in [1.82, 2.24) is 0 Å². The largest absolute Gasteiger partial charge is 0.744 e. The van der Waals surface area contributed by atoms with E-state index in [1.807, 2.05) is 48.5 Å². The number of para-hydroxylation sites is 1. The van der Waals surface area contributed by atoms with Gasteiger partial charge < -0.3 is 13.4 Å². The standard InChI is InChI=1S/C22H12IO4.C6H5FO3S/c24-21-10-6-13-5-7-15(12-20(13)27-21)23-14-8-9-19-17(11-14)22(25)16-3-1-2-4-18(16)26-19;7-5-1-3-6(4-2-5)11(8,9)10/h1-12H;1-4H,(H,8,9,10)/q+1;/p-1. The lowest BCUT2D eigenvalue weighted by atomic mass is 10.1. The highest BCUT2D eigenvalue weighted by Crippen LogP contribution is 2.17. The van der Waals surface area contributed by atoms with Gasteiger partial charge in [0, 0.05) is 23.6 Å². The molecule has 4 aromatic carbocycles. The minimum Gasteiger partial charge on any atom is -0.744 e. The molecule has 0 radical (unpaired) electrons. The second kappa shape index (κ2) is 10.5. The first-order valence-electron chi connectivity index (χ1n) is 11.0. The average Bonchev–Trinajstić information content (AvgIpc) is 2.89. The fraction of sp³-hybridized carbons (Fsp3) is 0. The Morgan fingerprint density at radius 1 is 0.684 bits per heavy atom. The smallest absolute Gasteiger partial charge is 0.358 e. The predicted octanol–water partition coefficient (Wildman–Crippen LogP) is 1.91. The summed E-state index contributed by atoms with van der Waals surface area (Å²) in [7, 11) is -4.44. The Labute approximate surface area is 225 Å². The Bertz CT molecular complexity index is 2030. The first kappa shape index (κ1) is 25.8. The molecule has 10 heteroatoms. The maximum atomic E-state index is 12.8. The zero-order valence-corrected chi connectivity index (χ0v) is 22.2. The minimum atomic E-state index is -4.44. The van der Waals surface area contributed by atoms with Crippen LogP contribution in [0.5, 0.6) is 0 Å². The molecule has 0 spiro atoms. The number of benzene rings is 4. The van der Waals surface area contributed by atoms with Gasteiger partial charge in [-0.05, 0) is 66.7 Å². The normalized spacial score (nSPS) is 11.4. The summed E-state index contributed by atoms with van der Waals surface area (Å²) >= 11 is -0.530. The fourth-order valence-corrected chi connectivity index (χ4v) is 6.47. The van der Waals surface area contributed by atoms with Gasteiger partial charge in [0.05, 0.1) is 15.7 Å². The van der Waals surface area contributed by atoms with Crippen LogP contribution < -0.4 is 32.3 Å². The number of fused-ring (bicyclic) bond motifs is 3. The van der Waals surface area contributed by atoms with Crippen molar-refractivity contribution in [3.63, 3.8) is 0 Å². The zero-order valence-electron chi connectivity index (χ0n) is 19.3. The van der Waals surface area contributed by atoms with E-state index in [9.17, 15) is 27.0 Å². The molecule has 6 aromatic rings. The molecule has 0 N–H and O–H groups in total. The number of hydrogen-bond acceptors (Lipinski definition) is 7. The van der Waals surface area contributed by atoms with Crippen molar-refractivity contribution in [2.45, 2.75) is 4.90 Å². The van der Waals surface area contributed by atoms with Crippen LogP contribution in [0.2, 0.25) is 0 Å². The quantitative estimate of drug-likeness (QED) is 0.125. The second-order valence-electron chi connectivity index (χ2n) is 8.01. The van der Waals surface area contributed by atoms with Gasteiger partial charge in [-0.1, -0.05) is 12.1 Å². The van der Waals surface area contributed by atoms with Crippen LogP contribution in [0, 0.1) is 13.0 Å². The molecule has 0 bridgehead atoms. The molecule has 38 heavy (non-hydrogen) atoms. The van der Waals surface area contributed by atoms with E-state index in [1.165, 1.54) is 6.07 Å². The molecular formula is C28H16FIO7S. The molecule has 0 fully saturated rings. The summed E-state index contributed by atoms with van der Waals surface area (Å²) in [4.78, 5) is 23.8. The average molecular weight is 642 g/mol. The van der Waals surface area contributed by atoms with Gasteiger partial charge in [0.1, 0.15) is 32.7 Å². The lowest BCUT2D eigenvalue weighted by molar-refractivity contribution is -0.597. The summed E-state index contributed by atoms with van der Waals surface area (Å²) in [5.41, 5.74) is 1.42. The summed E-state index contributed by atoms with van der Waals surface area (Å²) in [6.07, 6.45) is 0. The van der Waals surface area contributed by atoms with E-state index in [-0.39, 0.29) is 11.1 Å². The summed E-state index contributed by atoms with van der Waals surface area (Å²) in [6, 6.07) is 25.9. The number of hydrogen-bond donors (Lipinski definition) is 0. The van der Waals surface area contributed by atoms with E-state index < -0.39 is 42.0 Å². The van der Waals surface area contributed by atoms with Crippen molar-refractivity contribution in [2.24, 2.45) is 0 Å². The SMILES string of the molecule is O=S(=O)([O-])c1ccc(F)cc1.O=c1ccc2ccc([I+]c3ccc4oc5ccccc5c(=O)c4c3)cc2o1. The molecule has 190 valence electrons. The van der Waals surface area contributed by atoms with Crippen LogP contribution in [-0.2, 0) is 10.1 Å². The summed E-state index contributed by atoms with van der Waals surface area (Å²) < 4.78 is 56.3. The molecule has 2 aromatic heterocycles. The molecular weight excluding hydrogens is 626 g/mol. The monoisotopic (exact) mass is 642 g/mol. The lowest BCUT2D eigenvalue weighted by Crippen LogP contribution is -3.61. The van der Waals surface area contributed by atoms with Crippen LogP contribution in [0.25, 0.3) is 32.9 Å². The van der Waals surface area contributed by atoms with E-state index in [0.29, 0.717) is 27.5 Å². The van der Waals surface area contributed by atoms with Gasteiger partial charge in [-0.25, -0.2) is 17.6 Å². The van der Waals surface area contributed by atoms with Crippen LogP contribution in [0.1, 0.15) is 0 Å². The Hall–Kier alpha value is -3.87. The van der Waals surface area contributed by atoms with Gasteiger partial charge in [-0.15, -0.1) is 0 Å². The number of rotatable bonds is 3. The third-order valence-electron chi connectivity index (χ3n) is 5.44. The maximum absolute atomic E-state index is 12.8. The van der Waals surface area contributed by atoms with Gasteiger partial charge in [-0.2, -0.15) is 0 Å². The summed E-state index contributed by atoms with van der Waals surface area (Å²) in [6.45, 7) is 0. The van der Waals surface area contributed by atoms with Gasteiger partial charge in [-0.3, -0.25) is 4.79 Å². The van der Waals surface area contributed by atoms with Crippen molar-refractivity contribution in [3.8, 4) is 0 Å². The Balaban J connectivity index is 0.000000226. The molecule has 7 nitrogen and oxygen atoms in total. The molecule has 0 aliphatic rings. The van der Waals surface area contributed by atoms with Crippen molar-refractivity contribution in [2.75, 3.05) is 0 Å². The van der Waals surface area contributed by atoms with Gasteiger partial charge in [0.15, 0.2) is 7.14 Å². The molecule has 0 unspecified atom stereocenters. The van der Waals surface area contributed by atoms with E-state index >= 15 is 0 Å². The van der Waals surface area contributed by atoms with Gasteiger partial charge in [0.25, 0.3) is 0 Å². The molecule has 0 saturated carbocycles. The van der Waals surface area contributed by atoms with Crippen molar-refractivity contribution in [1.29, 1.82) is 0 Å². The van der Waals surface area contributed by atoms with Crippen LogP contribution in [0.15, 0.2) is 120 Å². The summed E-state index contributed by atoms with van der Waals surface area (Å²) in [5, 5.41) is 2.08. The van der Waals surface area contributed by atoms with E-state index in [0.717, 1.165) is 36.8 Å². The molecule has 2 heterocycles. The minimum absolute atomic E-state index is 0.0118. The molecule has 0 amide bonds. The highest BCUT2D eigenvalue weighted by Gasteiger charge is 2.19. The molecule has 0 aliphatic carbocycles. The number of halogens is 2. The summed E-state index contributed by atoms with van der Waals surface area (Å²) in [5.74, 6) is -0.572. The first-order chi connectivity index (χ1) is 18.2. The van der Waals surface area contributed by atoms with Crippen molar-refractivity contribution in [3.05, 3.63) is 131 Å². The predicted molar refractivity (Wildman–Crippen MR) is 134 cm³/mol. The maximum Gasteiger partial charge on any atom is 0.358 e. The van der Waals surface area contributed by atoms with E-state index in [1.54, 1.807) is 18.2 Å². The Morgan fingerprint density at radius 3 is 2.11 bits per heavy atom. The van der Waals surface area contributed by atoms with Gasteiger partial charge >= 0.3 is 26.8 Å². The second-order valence-corrected chi connectivity index (χ2v) is 12.4. The highest BCUT2D eigenvalue weighted by atomic mass is 127. The van der Waals surface area contributed by atoms with Crippen LogP contribution >= 0.6 is 0 Å². The third kappa shape index (κ3) is 5.67. The fourth-order valence-electron chi connectivity index (χ4n) is 3.65. The molecule has 0 saturated heterocycles. The molecule has 0 atom stereocenters. The van der Waals surface area contributed by atoms with Crippen LogP contribution in [-0.4, -0.2) is 13.0 Å². The third-order valence-corrected chi connectivity index (χ3v) is 8.88. The van der Waals surface area contributed by atoms with E-state index in [4.69, 9.17) is 8.83 Å². The molecule has 0 aliphatic heterocycles. The van der Waals surface area contributed by atoms with Crippen molar-refractivity contribution >= 4 is 43.0 Å². The van der Waals surface area contributed by atoms with E-state index in [2.05, 4.69) is 0 Å². The molecule has 6 rings (SSSR count). The Morgan fingerprint density at radius 2 is 1.34 bits per heavy atom. The lowest BCUT2D eigenvalue weighted by Gasteiger charge is -2.04. The zero-order chi connectivity index (χ0) is 26.9. The highest BCUT2D eigenvalue weighted by molar-refractivity contribution is 7.85. The van der Waals surface area contributed by atoms with Gasteiger partial charge in [0.2, 0.25) is 5.43 Å². The van der Waals surface area contributed by atoms with Crippen LogP contribution in [0.4, 0.5) is 4.39 Å².